The number of amides is 1. The van der Waals surface area contributed by atoms with Crippen molar-refractivity contribution in [3.05, 3.63) is 78.0 Å². The minimum Gasteiger partial charge on any atom is -0.492 e. The van der Waals surface area contributed by atoms with Crippen LogP contribution in [0.15, 0.2) is 66.7 Å². The summed E-state index contributed by atoms with van der Waals surface area (Å²) in [5, 5.41) is 8.78. The number of anilines is 2. The van der Waals surface area contributed by atoms with E-state index >= 15 is 0 Å². The number of carbonyl (C=O) groups is 2. The van der Waals surface area contributed by atoms with E-state index in [1.165, 1.54) is 4.68 Å². The van der Waals surface area contributed by atoms with Gasteiger partial charge in [0.25, 0.3) is 11.7 Å². The fourth-order valence-electron chi connectivity index (χ4n) is 4.95. The fraction of sp³-hybridized carbons (Fsp3) is 0.344. The molecule has 1 aromatic heterocycles. The van der Waals surface area contributed by atoms with Crippen molar-refractivity contribution in [3.63, 3.8) is 0 Å². The number of carbonyl (C=O) groups excluding carboxylic acids is 2. The van der Waals surface area contributed by atoms with Crippen molar-refractivity contribution in [3.8, 4) is 11.4 Å². The summed E-state index contributed by atoms with van der Waals surface area (Å²) in [6.07, 6.45) is 1.07. The van der Waals surface area contributed by atoms with Crippen molar-refractivity contribution in [2.45, 2.75) is 26.2 Å². The van der Waals surface area contributed by atoms with Crippen molar-refractivity contribution in [2.75, 3.05) is 55.7 Å². The van der Waals surface area contributed by atoms with Gasteiger partial charge in [0, 0.05) is 42.1 Å². The summed E-state index contributed by atoms with van der Waals surface area (Å²) in [4.78, 5) is 29.3. The number of fused-ring (bicyclic) bond motifs is 1. The Hall–Kier alpha value is -4.26. The summed E-state index contributed by atoms with van der Waals surface area (Å²) in [6.45, 7) is 10.4. The zero-order valence-corrected chi connectivity index (χ0v) is 26.1. The van der Waals surface area contributed by atoms with E-state index in [0.29, 0.717) is 48.0 Å². The summed E-state index contributed by atoms with van der Waals surface area (Å²) < 4.78 is 39.0. The maximum Gasteiger partial charge on any atom is 0.297 e. The molecule has 0 saturated carbocycles. The van der Waals surface area contributed by atoms with Crippen molar-refractivity contribution in [2.24, 2.45) is 0 Å². The molecule has 44 heavy (non-hydrogen) atoms. The van der Waals surface area contributed by atoms with Gasteiger partial charge in [0.2, 0.25) is 10.0 Å². The van der Waals surface area contributed by atoms with Crippen LogP contribution in [0.5, 0.6) is 5.75 Å². The molecular weight excluding hydrogens is 582 g/mol. The van der Waals surface area contributed by atoms with Crippen molar-refractivity contribution in [1.29, 1.82) is 0 Å². The second kappa shape index (κ2) is 12.8. The van der Waals surface area contributed by atoms with Crippen LogP contribution in [0.1, 0.15) is 36.8 Å². The highest BCUT2D eigenvalue weighted by Gasteiger charge is 2.25. The Balaban J connectivity index is 1.40. The minimum atomic E-state index is -3.51. The third-order valence-corrected chi connectivity index (χ3v) is 7.82. The molecule has 0 radical (unpaired) electrons. The van der Waals surface area contributed by atoms with E-state index in [4.69, 9.17) is 9.47 Å². The number of ether oxygens (including phenoxy) is 2. The first-order chi connectivity index (χ1) is 20.9. The minimum absolute atomic E-state index is 0.250. The third kappa shape index (κ3) is 7.44. The fourth-order valence-corrected chi connectivity index (χ4v) is 5.50. The van der Waals surface area contributed by atoms with Gasteiger partial charge in [0.1, 0.15) is 18.2 Å². The number of rotatable bonds is 10. The van der Waals surface area contributed by atoms with Gasteiger partial charge in [-0.3, -0.25) is 19.2 Å². The first-order valence-corrected chi connectivity index (χ1v) is 16.3. The van der Waals surface area contributed by atoms with Crippen LogP contribution in [0.3, 0.4) is 0 Å². The predicted octanol–water partition coefficient (Wildman–Crippen LogP) is 4.23. The smallest absolute Gasteiger partial charge is 0.297 e. The molecule has 0 unspecified atom stereocenters. The highest BCUT2D eigenvalue weighted by molar-refractivity contribution is 7.92. The number of aromatic nitrogens is 2. The van der Waals surface area contributed by atoms with Crippen LogP contribution in [0.2, 0.25) is 0 Å². The maximum atomic E-state index is 13.6. The van der Waals surface area contributed by atoms with Crippen molar-refractivity contribution < 1.29 is 27.5 Å². The number of hydrogen-bond acceptors (Lipinski definition) is 8. The highest BCUT2D eigenvalue weighted by Crippen LogP contribution is 2.30. The molecule has 0 spiro atoms. The molecule has 1 saturated heterocycles. The van der Waals surface area contributed by atoms with E-state index in [-0.39, 0.29) is 16.8 Å². The van der Waals surface area contributed by atoms with Crippen LogP contribution in [-0.2, 0) is 25.0 Å². The summed E-state index contributed by atoms with van der Waals surface area (Å²) in [7, 11) is -3.51. The van der Waals surface area contributed by atoms with Gasteiger partial charge in [-0.25, -0.2) is 13.1 Å². The molecular formula is C32H37N5O6S. The zero-order chi connectivity index (χ0) is 31.5. The normalized spacial score (nSPS) is 14.4. The summed E-state index contributed by atoms with van der Waals surface area (Å²) in [6, 6.07) is 19.0. The molecule has 12 heteroatoms. The van der Waals surface area contributed by atoms with Gasteiger partial charge in [0.15, 0.2) is 0 Å². The lowest BCUT2D eigenvalue weighted by atomic mass is 9.92. The average molecular weight is 620 g/mol. The molecule has 2 N–H and O–H groups in total. The monoisotopic (exact) mass is 619 g/mol. The largest absolute Gasteiger partial charge is 0.492 e. The second-order valence-electron chi connectivity index (χ2n) is 11.7. The van der Waals surface area contributed by atoms with Gasteiger partial charge in [-0.1, -0.05) is 51.1 Å². The van der Waals surface area contributed by atoms with E-state index < -0.39 is 21.7 Å². The number of morpholine rings is 1. The number of sulfonamides is 1. The van der Waals surface area contributed by atoms with Gasteiger partial charge < -0.3 is 14.8 Å². The molecule has 5 rings (SSSR count). The molecule has 0 bridgehead atoms. The number of nitrogens with zero attached hydrogens (tertiary/aromatic N) is 3. The van der Waals surface area contributed by atoms with Gasteiger partial charge >= 0.3 is 0 Å². The van der Waals surface area contributed by atoms with Crippen LogP contribution < -0.4 is 14.8 Å². The van der Waals surface area contributed by atoms with Crippen molar-refractivity contribution >= 4 is 44.0 Å². The van der Waals surface area contributed by atoms with Gasteiger partial charge in [-0.05, 0) is 35.7 Å². The van der Waals surface area contributed by atoms with E-state index in [2.05, 4.69) is 20.0 Å². The van der Waals surface area contributed by atoms with Crippen LogP contribution in [0.4, 0.5) is 11.5 Å². The van der Waals surface area contributed by atoms with E-state index in [9.17, 15) is 18.0 Å². The van der Waals surface area contributed by atoms with E-state index in [1.807, 2.05) is 39.0 Å². The lowest BCUT2D eigenvalue weighted by Gasteiger charge is -2.26. The lowest BCUT2D eigenvalue weighted by molar-refractivity contribution is -0.112. The molecule has 1 aliphatic heterocycles. The van der Waals surface area contributed by atoms with Gasteiger partial charge in [-0.15, -0.1) is 0 Å². The molecule has 0 atom stereocenters. The summed E-state index contributed by atoms with van der Waals surface area (Å²) in [5.74, 6) is -0.625. The van der Waals surface area contributed by atoms with Crippen LogP contribution in [-0.4, -0.2) is 80.5 Å². The first-order valence-electron chi connectivity index (χ1n) is 14.4. The molecule has 1 amide bonds. The van der Waals surface area contributed by atoms with Crippen LogP contribution in [0.25, 0.3) is 16.5 Å². The van der Waals surface area contributed by atoms with Crippen LogP contribution in [0, 0.1) is 0 Å². The topological polar surface area (TPSA) is 132 Å². The Labute approximate surface area is 257 Å². The van der Waals surface area contributed by atoms with Crippen molar-refractivity contribution in [1.82, 2.24) is 14.7 Å². The Kier molecular flexibility index (Phi) is 9.05. The average Bonchev–Trinajstić information content (AvgIpc) is 3.41. The first kappa shape index (κ1) is 31.2. The Morgan fingerprint density at radius 2 is 1.70 bits per heavy atom. The quantitative estimate of drug-likeness (QED) is 0.199. The number of nitrogens with one attached hydrogen (secondary N) is 2. The van der Waals surface area contributed by atoms with Crippen LogP contribution >= 0.6 is 0 Å². The van der Waals surface area contributed by atoms with E-state index in [0.717, 1.165) is 31.3 Å². The molecule has 1 aliphatic rings. The number of hydrogen-bond donors (Lipinski definition) is 2. The highest BCUT2D eigenvalue weighted by atomic mass is 32.2. The molecule has 3 aromatic carbocycles. The standard InChI is InChI=1S/C32H37N5O6S/c1-32(2,3)28-21-29(37(34-28)23-9-7-8-22(20-23)35-44(4,40)41)33-31(39)30(38)26-12-13-27(25-11-6-5-10-24(25)26)43-19-16-36-14-17-42-18-15-36/h5-13,20-21,35H,14-19H2,1-4H3,(H,33,39). The molecule has 0 aliphatic carbocycles. The number of benzene rings is 3. The van der Waals surface area contributed by atoms with Gasteiger partial charge in [0.05, 0.1) is 36.5 Å². The molecule has 2 heterocycles. The predicted molar refractivity (Wildman–Crippen MR) is 170 cm³/mol. The zero-order valence-electron chi connectivity index (χ0n) is 25.3. The molecule has 4 aromatic rings. The van der Waals surface area contributed by atoms with Gasteiger partial charge in [-0.2, -0.15) is 5.10 Å². The Morgan fingerprint density at radius 1 is 0.977 bits per heavy atom. The Bertz CT molecular complexity index is 1790. The Morgan fingerprint density at radius 3 is 2.41 bits per heavy atom. The van der Waals surface area contributed by atoms with E-state index in [1.54, 1.807) is 48.5 Å². The maximum absolute atomic E-state index is 13.6. The second-order valence-corrected chi connectivity index (χ2v) is 13.5. The lowest BCUT2D eigenvalue weighted by Crippen LogP contribution is -2.38. The molecule has 1 fully saturated rings. The SMILES string of the molecule is CC(C)(C)c1cc(NC(=O)C(=O)c2ccc(OCCN3CCOCC3)c3ccccc23)n(-c2cccc(NS(C)(=O)=O)c2)n1. The number of Topliss-reactive ketones (excluding diaryl/α,β-unsaturated/α-hetero) is 1. The third-order valence-electron chi connectivity index (χ3n) is 7.22. The number of ketones is 1. The molecule has 11 nitrogen and oxygen atoms in total. The molecule has 232 valence electrons. The summed E-state index contributed by atoms with van der Waals surface area (Å²) >= 11 is 0. The summed E-state index contributed by atoms with van der Waals surface area (Å²) in [5.41, 5.74) is 1.39.